The first-order valence-corrected chi connectivity index (χ1v) is 5.99. The van der Waals surface area contributed by atoms with Gasteiger partial charge in [-0.3, -0.25) is 9.80 Å². The molecule has 2 rings (SSSR count). The Labute approximate surface area is 91.6 Å². The van der Waals surface area contributed by atoms with Gasteiger partial charge in [-0.15, -0.1) is 0 Å². The summed E-state index contributed by atoms with van der Waals surface area (Å²) in [6, 6.07) is 0.874. The zero-order valence-corrected chi connectivity index (χ0v) is 9.70. The average Bonchev–Trinajstić information content (AvgIpc) is 2.76. The molecule has 1 unspecified atom stereocenters. The number of hydrazine groups is 1. The minimum Gasteiger partial charge on any atom is -0.313 e. The maximum Gasteiger partial charge on any atom is 0.238 e. The van der Waals surface area contributed by atoms with Crippen LogP contribution in [0.3, 0.4) is 0 Å². The second kappa shape index (κ2) is 4.49. The lowest BCUT2D eigenvalue weighted by Crippen LogP contribution is -2.48. The second-order valence-corrected chi connectivity index (χ2v) is 4.79. The Morgan fingerprint density at radius 1 is 1.53 bits per heavy atom. The molecule has 0 radical (unpaired) electrons. The van der Waals surface area contributed by atoms with E-state index in [1.807, 2.05) is 5.01 Å². The molecule has 0 aliphatic carbocycles. The monoisotopic (exact) mass is 211 g/mol. The number of hydrogen-bond acceptors (Lipinski definition) is 3. The molecule has 0 bridgehead atoms. The SMILES string of the molecule is CC(C)N1C(=O)CCN1CC1CCCN1. The predicted molar refractivity (Wildman–Crippen MR) is 59.2 cm³/mol. The van der Waals surface area contributed by atoms with Gasteiger partial charge in [0.1, 0.15) is 0 Å². The third-order valence-corrected chi connectivity index (χ3v) is 3.23. The number of nitrogens with zero attached hydrogens (tertiary/aromatic N) is 2. The third-order valence-electron chi connectivity index (χ3n) is 3.23. The summed E-state index contributed by atoms with van der Waals surface area (Å²) in [4.78, 5) is 11.7. The summed E-state index contributed by atoms with van der Waals surface area (Å²) in [5.41, 5.74) is 0. The normalized spacial score (nSPS) is 28.3. The van der Waals surface area contributed by atoms with Crippen molar-refractivity contribution in [2.75, 3.05) is 19.6 Å². The van der Waals surface area contributed by atoms with Gasteiger partial charge >= 0.3 is 0 Å². The van der Waals surface area contributed by atoms with Crippen LogP contribution in [0.4, 0.5) is 0 Å². The Kier molecular flexibility index (Phi) is 3.26. The van der Waals surface area contributed by atoms with Crippen LogP contribution in [0, 0.1) is 0 Å². The summed E-state index contributed by atoms with van der Waals surface area (Å²) in [7, 11) is 0. The highest BCUT2D eigenvalue weighted by molar-refractivity contribution is 5.77. The molecule has 0 saturated carbocycles. The molecule has 0 spiro atoms. The smallest absolute Gasteiger partial charge is 0.238 e. The van der Waals surface area contributed by atoms with E-state index in [1.165, 1.54) is 12.8 Å². The second-order valence-electron chi connectivity index (χ2n) is 4.79. The van der Waals surface area contributed by atoms with Crippen LogP contribution in [0.5, 0.6) is 0 Å². The van der Waals surface area contributed by atoms with Gasteiger partial charge in [-0.25, -0.2) is 5.01 Å². The van der Waals surface area contributed by atoms with E-state index in [0.717, 1.165) is 19.6 Å². The number of carbonyl (C=O) groups excluding carboxylic acids is 1. The predicted octanol–water partition coefficient (Wildman–Crippen LogP) is 0.596. The zero-order valence-electron chi connectivity index (χ0n) is 9.70. The molecule has 4 nitrogen and oxygen atoms in total. The van der Waals surface area contributed by atoms with Crippen LogP contribution in [0.2, 0.25) is 0 Å². The first kappa shape index (κ1) is 10.9. The van der Waals surface area contributed by atoms with Crippen LogP contribution in [-0.2, 0) is 4.79 Å². The Hall–Kier alpha value is -0.610. The van der Waals surface area contributed by atoms with E-state index < -0.39 is 0 Å². The Balaban J connectivity index is 1.92. The van der Waals surface area contributed by atoms with Crippen LogP contribution in [-0.4, -0.2) is 47.6 Å². The highest BCUT2D eigenvalue weighted by Gasteiger charge is 2.32. The Morgan fingerprint density at radius 2 is 2.33 bits per heavy atom. The molecule has 2 heterocycles. The van der Waals surface area contributed by atoms with Gasteiger partial charge in [0, 0.05) is 31.6 Å². The lowest BCUT2D eigenvalue weighted by molar-refractivity contribution is -0.141. The standard InChI is InChI=1S/C11H21N3O/c1-9(2)14-11(15)5-7-13(14)8-10-4-3-6-12-10/h9-10,12H,3-8H2,1-2H3. The summed E-state index contributed by atoms with van der Waals surface area (Å²) in [6.45, 7) is 7.18. The van der Waals surface area contributed by atoms with Gasteiger partial charge in [0.05, 0.1) is 0 Å². The summed E-state index contributed by atoms with van der Waals surface area (Å²) in [6.07, 6.45) is 3.20. The fraction of sp³-hybridized carbons (Fsp3) is 0.909. The highest BCUT2D eigenvalue weighted by Crippen LogP contribution is 2.17. The molecule has 2 fully saturated rings. The van der Waals surface area contributed by atoms with Crippen molar-refractivity contribution < 1.29 is 4.79 Å². The largest absolute Gasteiger partial charge is 0.313 e. The number of hydrogen-bond donors (Lipinski definition) is 1. The number of nitrogens with one attached hydrogen (secondary N) is 1. The molecular formula is C11H21N3O. The highest BCUT2D eigenvalue weighted by atomic mass is 16.2. The van der Waals surface area contributed by atoms with Gasteiger partial charge < -0.3 is 5.32 Å². The molecule has 0 aromatic rings. The van der Waals surface area contributed by atoms with E-state index in [-0.39, 0.29) is 5.91 Å². The van der Waals surface area contributed by atoms with E-state index in [4.69, 9.17) is 0 Å². The molecule has 0 aromatic heterocycles. The van der Waals surface area contributed by atoms with Gasteiger partial charge in [0.25, 0.3) is 0 Å². The molecule has 2 aliphatic rings. The molecular weight excluding hydrogens is 190 g/mol. The molecule has 0 aromatic carbocycles. The Morgan fingerprint density at radius 3 is 2.93 bits per heavy atom. The zero-order chi connectivity index (χ0) is 10.8. The van der Waals surface area contributed by atoms with Gasteiger partial charge in [-0.05, 0) is 33.2 Å². The van der Waals surface area contributed by atoms with Crippen molar-refractivity contribution >= 4 is 5.91 Å². The van der Waals surface area contributed by atoms with Crippen LogP contribution >= 0.6 is 0 Å². The maximum absolute atomic E-state index is 11.7. The molecule has 15 heavy (non-hydrogen) atoms. The molecule has 4 heteroatoms. The van der Waals surface area contributed by atoms with E-state index in [1.54, 1.807) is 0 Å². The average molecular weight is 211 g/mol. The van der Waals surface area contributed by atoms with Gasteiger partial charge in [-0.2, -0.15) is 0 Å². The lowest BCUT2D eigenvalue weighted by atomic mass is 10.2. The topological polar surface area (TPSA) is 35.6 Å². The summed E-state index contributed by atoms with van der Waals surface area (Å²) in [5, 5.41) is 7.63. The van der Waals surface area contributed by atoms with E-state index in [9.17, 15) is 4.79 Å². The number of carbonyl (C=O) groups is 1. The van der Waals surface area contributed by atoms with E-state index in [0.29, 0.717) is 18.5 Å². The summed E-state index contributed by atoms with van der Waals surface area (Å²) < 4.78 is 0. The van der Waals surface area contributed by atoms with Crippen LogP contribution in [0.25, 0.3) is 0 Å². The van der Waals surface area contributed by atoms with Crippen LogP contribution < -0.4 is 5.32 Å². The minimum absolute atomic E-state index is 0.281. The molecule has 1 amide bonds. The van der Waals surface area contributed by atoms with Crippen molar-refractivity contribution in [1.29, 1.82) is 0 Å². The van der Waals surface area contributed by atoms with E-state index >= 15 is 0 Å². The third kappa shape index (κ3) is 2.32. The maximum atomic E-state index is 11.7. The molecule has 2 saturated heterocycles. The molecule has 1 atom stereocenters. The number of rotatable bonds is 3. The quantitative estimate of drug-likeness (QED) is 0.742. The van der Waals surface area contributed by atoms with Crippen molar-refractivity contribution in [1.82, 2.24) is 15.3 Å². The lowest BCUT2D eigenvalue weighted by Gasteiger charge is -2.33. The minimum atomic E-state index is 0.281. The van der Waals surface area contributed by atoms with Gasteiger partial charge in [-0.1, -0.05) is 0 Å². The van der Waals surface area contributed by atoms with E-state index in [2.05, 4.69) is 24.2 Å². The fourth-order valence-corrected chi connectivity index (χ4v) is 2.57. The van der Waals surface area contributed by atoms with Crippen molar-refractivity contribution in [3.63, 3.8) is 0 Å². The van der Waals surface area contributed by atoms with Crippen LogP contribution in [0.15, 0.2) is 0 Å². The van der Waals surface area contributed by atoms with Crippen molar-refractivity contribution in [2.24, 2.45) is 0 Å². The molecule has 1 N–H and O–H groups in total. The number of amides is 1. The van der Waals surface area contributed by atoms with Crippen molar-refractivity contribution in [2.45, 2.75) is 45.2 Å². The van der Waals surface area contributed by atoms with Gasteiger partial charge in [0.2, 0.25) is 5.91 Å². The molecule has 86 valence electrons. The first-order chi connectivity index (χ1) is 7.18. The first-order valence-electron chi connectivity index (χ1n) is 5.99. The summed E-state index contributed by atoms with van der Waals surface area (Å²) in [5.74, 6) is 0.281. The van der Waals surface area contributed by atoms with Crippen molar-refractivity contribution in [3.05, 3.63) is 0 Å². The fourth-order valence-electron chi connectivity index (χ4n) is 2.57. The van der Waals surface area contributed by atoms with Crippen LogP contribution in [0.1, 0.15) is 33.1 Å². The molecule has 2 aliphatic heterocycles. The van der Waals surface area contributed by atoms with Gasteiger partial charge in [0.15, 0.2) is 0 Å². The Bertz CT molecular complexity index is 236. The van der Waals surface area contributed by atoms with Crippen molar-refractivity contribution in [3.8, 4) is 0 Å². The summed E-state index contributed by atoms with van der Waals surface area (Å²) >= 11 is 0.